The summed E-state index contributed by atoms with van der Waals surface area (Å²) >= 11 is 0. The molecule has 21 heavy (non-hydrogen) atoms. The van der Waals surface area contributed by atoms with Gasteiger partial charge in [-0.3, -0.25) is 14.9 Å². The summed E-state index contributed by atoms with van der Waals surface area (Å²) in [7, 11) is 0. The molecule has 9 heteroatoms. The molecule has 1 aromatic carbocycles. The summed E-state index contributed by atoms with van der Waals surface area (Å²) in [6.45, 7) is 0.103. The quantitative estimate of drug-likeness (QED) is 0.458. The molecule has 0 amide bonds. The van der Waals surface area contributed by atoms with Crippen LogP contribution in [-0.4, -0.2) is 30.3 Å². The van der Waals surface area contributed by atoms with Gasteiger partial charge in [0.2, 0.25) is 0 Å². The van der Waals surface area contributed by atoms with Crippen molar-refractivity contribution in [2.24, 2.45) is 0 Å². The lowest BCUT2D eigenvalue weighted by Gasteiger charge is -2.10. The Kier molecular flexibility index (Phi) is 5.51. The first-order chi connectivity index (χ1) is 9.73. The number of ether oxygens (including phenoxy) is 2. The van der Waals surface area contributed by atoms with E-state index in [0.29, 0.717) is 0 Å². The van der Waals surface area contributed by atoms with Gasteiger partial charge in [0.05, 0.1) is 18.0 Å². The number of hydrogen-bond donors (Lipinski definition) is 0. The Morgan fingerprint density at radius 2 is 2.05 bits per heavy atom. The van der Waals surface area contributed by atoms with E-state index in [9.17, 15) is 28.1 Å². The van der Waals surface area contributed by atoms with Gasteiger partial charge in [-0.2, -0.15) is 13.2 Å². The first-order valence-corrected chi connectivity index (χ1v) is 5.85. The Labute approximate surface area is 117 Å². The molecular weight excluding hydrogens is 295 g/mol. The van der Waals surface area contributed by atoms with Gasteiger partial charge in [0, 0.05) is 6.07 Å². The van der Waals surface area contributed by atoms with Crippen LogP contribution in [0.5, 0.6) is 5.75 Å². The van der Waals surface area contributed by atoms with Crippen molar-refractivity contribution in [1.82, 2.24) is 0 Å². The normalized spacial score (nSPS) is 11.0. The van der Waals surface area contributed by atoms with Crippen LogP contribution in [0.25, 0.3) is 0 Å². The van der Waals surface area contributed by atoms with Crippen LogP contribution in [0.2, 0.25) is 0 Å². The summed E-state index contributed by atoms with van der Waals surface area (Å²) in [5, 5.41) is 10.7. The zero-order valence-electron chi connectivity index (χ0n) is 11.0. The van der Waals surface area contributed by atoms with Crippen molar-refractivity contribution in [3.05, 3.63) is 33.9 Å². The highest BCUT2D eigenvalue weighted by molar-refractivity contribution is 5.73. The van der Waals surface area contributed by atoms with Crippen LogP contribution in [0.1, 0.15) is 12.5 Å². The van der Waals surface area contributed by atoms with E-state index in [1.165, 1.54) is 6.07 Å². The third-order valence-electron chi connectivity index (χ3n) is 2.27. The summed E-state index contributed by atoms with van der Waals surface area (Å²) < 4.78 is 45.5. The molecule has 1 rings (SSSR count). The summed E-state index contributed by atoms with van der Waals surface area (Å²) in [4.78, 5) is 21.2. The fraction of sp³-hybridized carbons (Fsp3) is 0.417. The number of benzene rings is 1. The van der Waals surface area contributed by atoms with Crippen molar-refractivity contribution in [2.45, 2.75) is 19.5 Å². The van der Waals surface area contributed by atoms with Crippen LogP contribution in [0.15, 0.2) is 18.2 Å². The van der Waals surface area contributed by atoms with Crippen LogP contribution in [0.4, 0.5) is 18.9 Å². The maximum atomic E-state index is 12.1. The minimum absolute atomic E-state index is 0.156. The van der Waals surface area contributed by atoms with Gasteiger partial charge in [0.25, 0.3) is 0 Å². The minimum atomic E-state index is -4.62. The number of nitro groups is 1. The highest BCUT2D eigenvalue weighted by atomic mass is 19.4. The molecule has 0 fully saturated rings. The smallest absolute Gasteiger partial charge is 0.422 e. The molecule has 0 saturated heterocycles. The maximum absolute atomic E-state index is 12.1. The van der Waals surface area contributed by atoms with Gasteiger partial charge < -0.3 is 9.47 Å². The van der Waals surface area contributed by atoms with Gasteiger partial charge in [-0.25, -0.2) is 0 Å². The monoisotopic (exact) mass is 307 g/mol. The fourth-order valence-electron chi connectivity index (χ4n) is 1.47. The first-order valence-electron chi connectivity index (χ1n) is 5.85. The average molecular weight is 307 g/mol. The van der Waals surface area contributed by atoms with Crippen LogP contribution in [0, 0.1) is 10.1 Å². The number of hydrogen-bond acceptors (Lipinski definition) is 5. The number of esters is 1. The Hall–Kier alpha value is -2.32. The Balaban J connectivity index is 2.95. The lowest BCUT2D eigenvalue weighted by molar-refractivity contribution is -0.386. The van der Waals surface area contributed by atoms with Gasteiger partial charge in [0.1, 0.15) is 0 Å². The number of nitro benzene ring substituents is 1. The molecule has 0 bridgehead atoms. The molecule has 0 atom stereocenters. The second-order valence-electron chi connectivity index (χ2n) is 3.94. The Morgan fingerprint density at radius 3 is 2.57 bits per heavy atom. The summed E-state index contributed by atoms with van der Waals surface area (Å²) in [6.07, 6.45) is -4.83. The van der Waals surface area contributed by atoms with Crippen molar-refractivity contribution in [2.75, 3.05) is 13.2 Å². The third kappa shape index (κ3) is 5.67. The van der Waals surface area contributed by atoms with Crippen molar-refractivity contribution in [1.29, 1.82) is 0 Å². The zero-order chi connectivity index (χ0) is 16.0. The highest BCUT2D eigenvalue weighted by Crippen LogP contribution is 2.30. The lowest BCUT2D eigenvalue weighted by Crippen LogP contribution is -2.19. The van der Waals surface area contributed by atoms with E-state index < -0.39 is 35.1 Å². The van der Waals surface area contributed by atoms with E-state index in [2.05, 4.69) is 9.47 Å². The van der Waals surface area contributed by atoms with Crippen LogP contribution < -0.4 is 4.74 Å². The first kappa shape index (κ1) is 16.7. The van der Waals surface area contributed by atoms with E-state index in [1.807, 2.05) is 0 Å². The highest BCUT2D eigenvalue weighted by Gasteiger charge is 2.30. The second-order valence-corrected chi connectivity index (χ2v) is 3.94. The molecular formula is C12H12F3NO5. The van der Waals surface area contributed by atoms with E-state index in [0.717, 1.165) is 12.1 Å². The molecule has 0 radical (unpaired) electrons. The number of nitrogens with zero attached hydrogens (tertiary/aromatic N) is 1. The molecule has 0 saturated carbocycles. The molecule has 1 aromatic rings. The third-order valence-corrected chi connectivity index (χ3v) is 2.27. The number of halogens is 3. The molecule has 0 aliphatic heterocycles. The largest absolute Gasteiger partial charge is 0.477 e. The Bertz CT molecular complexity index is 530. The molecule has 6 nitrogen and oxygen atoms in total. The molecule has 0 aliphatic carbocycles. The average Bonchev–Trinajstić information content (AvgIpc) is 2.35. The molecule has 0 spiro atoms. The topological polar surface area (TPSA) is 78.7 Å². The second kappa shape index (κ2) is 6.91. The molecule has 0 unspecified atom stereocenters. The summed E-state index contributed by atoms with van der Waals surface area (Å²) in [5.41, 5.74) is -0.344. The van der Waals surface area contributed by atoms with Crippen molar-refractivity contribution in [3.8, 4) is 5.75 Å². The maximum Gasteiger partial charge on any atom is 0.422 e. The fourth-order valence-corrected chi connectivity index (χ4v) is 1.47. The van der Waals surface area contributed by atoms with Crippen LogP contribution in [0.3, 0.4) is 0 Å². The molecule has 0 N–H and O–H groups in total. The van der Waals surface area contributed by atoms with Crippen molar-refractivity contribution >= 4 is 11.7 Å². The number of carbonyl (C=O) groups is 1. The van der Waals surface area contributed by atoms with Crippen molar-refractivity contribution in [3.63, 3.8) is 0 Å². The van der Waals surface area contributed by atoms with Gasteiger partial charge in [0.15, 0.2) is 12.4 Å². The SMILES string of the molecule is CCOC(=O)Cc1ccc([N+](=O)[O-])c(OCC(F)(F)F)c1. The number of carbonyl (C=O) groups excluding carboxylic acids is 1. The van der Waals surface area contributed by atoms with Gasteiger partial charge in [-0.05, 0) is 18.6 Å². The molecule has 0 heterocycles. The van der Waals surface area contributed by atoms with E-state index in [-0.39, 0.29) is 18.6 Å². The summed E-state index contributed by atoms with van der Waals surface area (Å²) in [5.74, 6) is -1.13. The lowest BCUT2D eigenvalue weighted by atomic mass is 10.1. The van der Waals surface area contributed by atoms with Gasteiger partial charge in [-0.1, -0.05) is 6.07 Å². The Morgan fingerprint density at radius 1 is 1.38 bits per heavy atom. The van der Waals surface area contributed by atoms with E-state index >= 15 is 0 Å². The molecule has 0 aliphatic rings. The van der Waals surface area contributed by atoms with Crippen molar-refractivity contribution < 1.29 is 32.4 Å². The predicted octanol–water partition coefficient (Wildman–Crippen LogP) is 2.64. The predicted molar refractivity (Wildman–Crippen MR) is 65.0 cm³/mol. The number of alkyl halides is 3. The number of rotatable bonds is 6. The minimum Gasteiger partial charge on any atom is -0.477 e. The van der Waals surface area contributed by atoms with Gasteiger partial charge in [-0.15, -0.1) is 0 Å². The van der Waals surface area contributed by atoms with E-state index in [1.54, 1.807) is 6.92 Å². The van der Waals surface area contributed by atoms with Crippen LogP contribution in [-0.2, 0) is 16.0 Å². The molecule has 116 valence electrons. The zero-order valence-corrected chi connectivity index (χ0v) is 11.0. The standard InChI is InChI=1S/C12H12F3NO5/c1-2-20-11(17)6-8-3-4-9(16(18)19)10(5-8)21-7-12(13,14)15/h3-5H,2,6-7H2,1H3. The molecule has 0 aromatic heterocycles. The van der Waals surface area contributed by atoms with Crippen LogP contribution >= 0.6 is 0 Å². The van der Waals surface area contributed by atoms with E-state index in [4.69, 9.17) is 0 Å². The summed E-state index contributed by atoms with van der Waals surface area (Å²) in [6, 6.07) is 3.27. The van der Waals surface area contributed by atoms with Gasteiger partial charge >= 0.3 is 17.8 Å².